The molecule has 1 aliphatic rings. The van der Waals surface area contributed by atoms with Gasteiger partial charge in [0.15, 0.2) is 11.5 Å². The quantitative estimate of drug-likeness (QED) is 0.278. The number of carbonyl (C=O) groups is 2. The van der Waals surface area contributed by atoms with E-state index < -0.39 is 18.2 Å². The molecule has 0 saturated carbocycles. The van der Waals surface area contributed by atoms with Gasteiger partial charge in [-0.3, -0.25) is 10.1 Å². The summed E-state index contributed by atoms with van der Waals surface area (Å²) in [7, 11) is 0. The smallest absolute Gasteiger partial charge is 0.412 e. The first-order valence-corrected chi connectivity index (χ1v) is 11.8. The van der Waals surface area contributed by atoms with Crippen molar-refractivity contribution in [2.24, 2.45) is 5.92 Å². The molecule has 1 heterocycles. The molecule has 1 amide bonds. The summed E-state index contributed by atoms with van der Waals surface area (Å²) in [5.41, 5.74) is 0.869. The Morgan fingerprint density at radius 3 is 2.72 bits per heavy atom. The van der Waals surface area contributed by atoms with Crippen molar-refractivity contribution in [2.75, 3.05) is 24.5 Å². The molecular weight excluding hydrogens is 570 g/mol. The molecule has 8 nitrogen and oxygen atoms in total. The molecule has 0 saturated heterocycles. The Bertz CT molecular complexity index is 1000. The number of carbonyl (C=O) groups excluding carboxylic acids is 2. The third-order valence-corrected chi connectivity index (χ3v) is 6.02. The monoisotopic (exact) mass is 589 g/mol. The number of anilines is 1. The van der Waals surface area contributed by atoms with E-state index in [0.29, 0.717) is 38.1 Å². The molecule has 0 aliphatic carbocycles. The molecule has 3 rings (SSSR count). The number of phenols is 1. The molecule has 1 aliphatic heterocycles. The summed E-state index contributed by atoms with van der Waals surface area (Å²) < 4.78 is 22.5. The number of benzene rings is 2. The maximum atomic E-state index is 12.7. The zero-order valence-electron chi connectivity index (χ0n) is 17.0. The lowest BCUT2D eigenvalue weighted by Crippen LogP contribution is -2.23. The molecule has 32 heavy (non-hydrogen) atoms. The number of amides is 1. The number of fused-ring (bicyclic) bond motifs is 1. The number of phenolic OH excluding ortho intramolecular Hbond substituents is 1. The fourth-order valence-electron chi connectivity index (χ4n) is 3.08. The van der Waals surface area contributed by atoms with Crippen molar-refractivity contribution in [1.29, 1.82) is 0 Å². The molecule has 2 N–H and O–H groups in total. The number of esters is 1. The van der Waals surface area contributed by atoms with Crippen LogP contribution in [0.4, 0.5) is 10.5 Å². The zero-order chi connectivity index (χ0) is 23.3. The standard InChI is InChI=1S/C21H21Br2NO7S/c1-11(4-5-28-18(25)9-32)20(14-6-12(22)7-15(23)19(14)26)31-21(27)24-13-2-3-16-17(8-13)30-10-29-16/h2-3,6-8,11,20,26,32H,4-5,9-10H2,1H3,(H,24,27)/t11-,20-/m1/s1. The third-order valence-electron chi connectivity index (χ3n) is 4.70. The van der Waals surface area contributed by atoms with Crippen molar-refractivity contribution in [3.05, 3.63) is 44.8 Å². The molecule has 172 valence electrons. The van der Waals surface area contributed by atoms with Gasteiger partial charge < -0.3 is 24.1 Å². The van der Waals surface area contributed by atoms with Gasteiger partial charge in [0.05, 0.1) is 16.8 Å². The molecule has 0 radical (unpaired) electrons. The number of nitrogens with one attached hydrogen (secondary N) is 1. The van der Waals surface area contributed by atoms with Gasteiger partial charge >= 0.3 is 12.1 Å². The molecule has 2 aromatic rings. The predicted molar refractivity (Wildman–Crippen MR) is 128 cm³/mol. The SMILES string of the molecule is C[C@H](CCOC(=O)CS)[C@@H](OC(=O)Nc1ccc2c(c1)OCO2)c1cc(Br)cc(Br)c1O. The number of hydrogen-bond acceptors (Lipinski definition) is 8. The van der Waals surface area contributed by atoms with Crippen LogP contribution in [0.1, 0.15) is 25.0 Å². The first-order valence-electron chi connectivity index (χ1n) is 9.60. The Hall–Kier alpha value is -2.11. The number of rotatable bonds is 8. The highest BCUT2D eigenvalue weighted by Gasteiger charge is 2.28. The molecule has 0 spiro atoms. The van der Waals surface area contributed by atoms with Crippen molar-refractivity contribution in [1.82, 2.24) is 0 Å². The van der Waals surface area contributed by atoms with Gasteiger partial charge in [-0.25, -0.2) is 4.79 Å². The summed E-state index contributed by atoms with van der Waals surface area (Å²) in [6.07, 6.45) is -1.15. The van der Waals surface area contributed by atoms with Crippen molar-refractivity contribution in [3.8, 4) is 17.2 Å². The van der Waals surface area contributed by atoms with Crippen molar-refractivity contribution >= 4 is 62.2 Å². The number of halogens is 2. The van der Waals surface area contributed by atoms with E-state index in [-0.39, 0.29) is 30.8 Å². The second-order valence-electron chi connectivity index (χ2n) is 6.99. The summed E-state index contributed by atoms with van der Waals surface area (Å²) in [4.78, 5) is 24.1. The Morgan fingerprint density at radius 2 is 1.97 bits per heavy atom. The van der Waals surface area contributed by atoms with E-state index in [2.05, 4.69) is 49.8 Å². The lowest BCUT2D eigenvalue weighted by molar-refractivity contribution is -0.141. The first-order chi connectivity index (χ1) is 15.3. The number of hydrogen-bond donors (Lipinski definition) is 3. The van der Waals surface area contributed by atoms with Gasteiger partial charge in [-0.15, -0.1) is 0 Å². The molecule has 11 heteroatoms. The van der Waals surface area contributed by atoms with Gasteiger partial charge in [0.1, 0.15) is 11.9 Å². The third kappa shape index (κ3) is 6.23. The number of aromatic hydroxyl groups is 1. The van der Waals surface area contributed by atoms with Crippen LogP contribution in [-0.4, -0.2) is 36.3 Å². The maximum Gasteiger partial charge on any atom is 0.412 e. The minimum Gasteiger partial charge on any atom is -0.506 e. The molecular formula is C21H21Br2NO7S. The zero-order valence-corrected chi connectivity index (χ0v) is 21.0. The van der Waals surface area contributed by atoms with Gasteiger partial charge in [-0.1, -0.05) is 22.9 Å². The Morgan fingerprint density at radius 1 is 1.22 bits per heavy atom. The van der Waals surface area contributed by atoms with Gasteiger partial charge in [0, 0.05) is 27.7 Å². The van der Waals surface area contributed by atoms with Crippen LogP contribution in [0.3, 0.4) is 0 Å². The van der Waals surface area contributed by atoms with Crippen LogP contribution >= 0.6 is 44.5 Å². The average molecular weight is 591 g/mol. The van der Waals surface area contributed by atoms with Crippen LogP contribution in [0, 0.1) is 5.92 Å². The summed E-state index contributed by atoms with van der Waals surface area (Å²) in [5, 5.41) is 13.3. The van der Waals surface area contributed by atoms with E-state index in [4.69, 9.17) is 18.9 Å². The van der Waals surface area contributed by atoms with Crippen molar-refractivity contribution in [2.45, 2.75) is 19.4 Å². The van der Waals surface area contributed by atoms with Crippen LogP contribution in [0.25, 0.3) is 0 Å². The molecule has 0 fully saturated rings. The number of thiol groups is 1. The summed E-state index contributed by atoms with van der Waals surface area (Å²) in [5.74, 6) is 0.311. The Kier molecular flexibility index (Phi) is 8.55. The molecule has 2 atom stereocenters. The van der Waals surface area contributed by atoms with Crippen LogP contribution < -0.4 is 14.8 Å². The van der Waals surface area contributed by atoms with Crippen molar-refractivity contribution < 1.29 is 33.6 Å². The predicted octanol–water partition coefficient (Wildman–Crippen LogP) is 5.43. The second-order valence-corrected chi connectivity index (χ2v) is 9.08. The van der Waals surface area contributed by atoms with E-state index >= 15 is 0 Å². The molecule has 0 unspecified atom stereocenters. The minimum atomic E-state index is -0.826. The number of ether oxygens (including phenoxy) is 4. The molecule has 0 aromatic heterocycles. The highest BCUT2D eigenvalue weighted by Crippen LogP contribution is 2.41. The lowest BCUT2D eigenvalue weighted by atomic mass is 9.94. The maximum absolute atomic E-state index is 12.7. The highest BCUT2D eigenvalue weighted by atomic mass is 79.9. The van der Waals surface area contributed by atoms with E-state index in [0.717, 1.165) is 0 Å². The fraction of sp³-hybridized carbons (Fsp3) is 0.333. The van der Waals surface area contributed by atoms with Gasteiger partial charge in [0.25, 0.3) is 0 Å². The van der Waals surface area contributed by atoms with Crippen LogP contribution in [0.15, 0.2) is 39.3 Å². The minimum absolute atomic E-state index is 0.0222. The van der Waals surface area contributed by atoms with Crippen LogP contribution in [0.2, 0.25) is 0 Å². The van der Waals surface area contributed by atoms with Gasteiger partial charge in [-0.05, 0) is 46.6 Å². The first kappa shape index (κ1) is 24.5. The topological polar surface area (TPSA) is 103 Å². The summed E-state index contributed by atoms with van der Waals surface area (Å²) in [6.45, 7) is 2.08. The van der Waals surface area contributed by atoms with Crippen molar-refractivity contribution in [3.63, 3.8) is 0 Å². The van der Waals surface area contributed by atoms with Crippen LogP contribution in [-0.2, 0) is 14.3 Å². The van der Waals surface area contributed by atoms with E-state index in [1.165, 1.54) is 0 Å². The van der Waals surface area contributed by atoms with E-state index in [1.54, 1.807) is 30.3 Å². The van der Waals surface area contributed by atoms with E-state index in [9.17, 15) is 14.7 Å². The van der Waals surface area contributed by atoms with Gasteiger partial charge in [0.2, 0.25) is 6.79 Å². The Labute approximate surface area is 207 Å². The average Bonchev–Trinajstić information content (AvgIpc) is 3.22. The lowest BCUT2D eigenvalue weighted by Gasteiger charge is -2.26. The van der Waals surface area contributed by atoms with Crippen LogP contribution in [0.5, 0.6) is 17.2 Å². The summed E-state index contributed by atoms with van der Waals surface area (Å²) in [6, 6.07) is 8.34. The second kappa shape index (κ2) is 11.2. The largest absolute Gasteiger partial charge is 0.506 e. The molecule has 0 bridgehead atoms. The fourth-order valence-corrected chi connectivity index (χ4v) is 4.43. The van der Waals surface area contributed by atoms with Gasteiger partial charge in [-0.2, -0.15) is 12.6 Å². The normalized spacial score (nSPS) is 13.9. The van der Waals surface area contributed by atoms with E-state index in [1.807, 2.05) is 6.92 Å². The molecule has 2 aromatic carbocycles. The highest BCUT2D eigenvalue weighted by molar-refractivity contribution is 9.11. The Balaban J connectivity index is 1.77. The summed E-state index contributed by atoms with van der Waals surface area (Å²) >= 11 is 10.6.